The predicted octanol–water partition coefficient (Wildman–Crippen LogP) is 1.93. The van der Waals surface area contributed by atoms with Gasteiger partial charge in [0.15, 0.2) is 0 Å². The Bertz CT molecular complexity index is 555. The molecule has 2 rings (SSSR count). The third kappa shape index (κ3) is 2.39. The molecular weight excluding hydrogens is 304 g/mol. The van der Waals surface area contributed by atoms with Gasteiger partial charge in [0.1, 0.15) is 4.90 Å². The maximum Gasteiger partial charge on any atom is 0.241 e. The second kappa shape index (κ2) is 4.66. The van der Waals surface area contributed by atoms with Crippen LogP contribution in [0.4, 0.5) is 0 Å². The fraction of sp³-hybridized carbons (Fsp3) is 0.545. The first-order valence-corrected chi connectivity index (χ1v) is 8.02. The van der Waals surface area contributed by atoms with Gasteiger partial charge in [0, 0.05) is 10.2 Å². The zero-order valence-electron chi connectivity index (χ0n) is 9.66. The van der Waals surface area contributed by atoms with Gasteiger partial charge in [0.25, 0.3) is 0 Å². The molecule has 1 heterocycles. The third-order valence-corrected chi connectivity index (χ3v) is 5.20. The molecule has 0 saturated carbocycles. The summed E-state index contributed by atoms with van der Waals surface area (Å²) >= 11 is 3.40. The molecule has 1 aliphatic rings. The lowest BCUT2D eigenvalue weighted by molar-refractivity contribution is 0.592. The summed E-state index contributed by atoms with van der Waals surface area (Å²) in [6, 6.07) is 0. The van der Waals surface area contributed by atoms with Crippen molar-refractivity contribution in [1.82, 2.24) is 4.98 Å². The molecule has 0 bridgehead atoms. The number of hydrogen-bond acceptors (Lipinski definition) is 3. The van der Waals surface area contributed by atoms with Gasteiger partial charge in [-0.25, -0.2) is 13.6 Å². The molecule has 2 N–H and O–H groups in total. The van der Waals surface area contributed by atoms with Crippen molar-refractivity contribution in [2.45, 2.75) is 43.9 Å². The van der Waals surface area contributed by atoms with Crippen molar-refractivity contribution in [2.75, 3.05) is 0 Å². The Kier molecular flexibility index (Phi) is 3.56. The Morgan fingerprint density at radius 3 is 2.59 bits per heavy atom. The highest BCUT2D eigenvalue weighted by Crippen LogP contribution is 2.33. The standard InChI is InChI=1S/C11H15BrN2O2S/c1-2-8-11(17(13,15)16)10(12)7-5-3-4-6-9(7)14-8/h2-6H2,1H3,(H2,13,15,16). The topological polar surface area (TPSA) is 73.0 Å². The molecule has 94 valence electrons. The SMILES string of the molecule is CCc1nc2c(c(Br)c1S(N)(=O)=O)CCCC2. The normalized spacial score (nSPS) is 15.7. The number of nitrogens with zero attached hydrogens (tertiary/aromatic N) is 1. The van der Waals surface area contributed by atoms with Crippen molar-refractivity contribution in [3.05, 3.63) is 21.4 Å². The first-order chi connectivity index (χ1) is 7.95. The Morgan fingerprint density at radius 1 is 1.35 bits per heavy atom. The van der Waals surface area contributed by atoms with Gasteiger partial charge in [0.2, 0.25) is 10.0 Å². The number of primary sulfonamides is 1. The van der Waals surface area contributed by atoms with E-state index in [0.717, 1.165) is 36.9 Å². The molecule has 0 aromatic carbocycles. The van der Waals surface area contributed by atoms with E-state index in [1.54, 1.807) is 0 Å². The maximum atomic E-state index is 11.6. The lowest BCUT2D eigenvalue weighted by Crippen LogP contribution is -2.19. The van der Waals surface area contributed by atoms with Crippen LogP contribution in [-0.2, 0) is 29.3 Å². The summed E-state index contributed by atoms with van der Waals surface area (Å²) in [5.74, 6) is 0. The van der Waals surface area contributed by atoms with Crippen LogP contribution in [0.15, 0.2) is 9.37 Å². The van der Waals surface area contributed by atoms with Crippen LogP contribution in [0.5, 0.6) is 0 Å². The van der Waals surface area contributed by atoms with Crippen LogP contribution in [0, 0.1) is 0 Å². The van der Waals surface area contributed by atoms with Gasteiger partial charge in [-0.1, -0.05) is 6.92 Å². The smallest absolute Gasteiger partial charge is 0.241 e. The second-order valence-corrected chi connectivity index (χ2v) is 6.52. The predicted molar refractivity (Wildman–Crippen MR) is 69.3 cm³/mol. The lowest BCUT2D eigenvalue weighted by Gasteiger charge is -2.20. The van der Waals surface area contributed by atoms with Crippen LogP contribution in [-0.4, -0.2) is 13.4 Å². The van der Waals surface area contributed by atoms with E-state index in [-0.39, 0.29) is 4.90 Å². The lowest BCUT2D eigenvalue weighted by atomic mass is 9.95. The van der Waals surface area contributed by atoms with Crippen LogP contribution in [0.1, 0.15) is 36.7 Å². The van der Waals surface area contributed by atoms with E-state index in [0.29, 0.717) is 16.6 Å². The number of aryl methyl sites for hydroxylation is 2. The van der Waals surface area contributed by atoms with E-state index in [1.165, 1.54) is 0 Å². The van der Waals surface area contributed by atoms with E-state index < -0.39 is 10.0 Å². The molecule has 0 aliphatic heterocycles. The highest BCUT2D eigenvalue weighted by atomic mass is 79.9. The van der Waals surface area contributed by atoms with E-state index in [4.69, 9.17) is 5.14 Å². The Morgan fingerprint density at radius 2 is 2.00 bits per heavy atom. The molecule has 4 nitrogen and oxygen atoms in total. The van der Waals surface area contributed by atoms with Crippen molar-refractivity contribution in [3.63, 3.8) is 0 Å². The zero-order valence-corrected chi connectivity index (χ0v) is 12.1. The van der Waals surface area contributed by atoms with Crippen LogP contribution in [0.2, 0.25) is 0 Å². The average Bonchev–Trinajstić information content (AvgIpc) is 2.27. The van der Waals surface area contributed by atoms with Crippen LogP contribution >= 0.6 is 15.9 Å². The first kappa shape index (κ1) is 13.0. The summed E-state index contributed by atoms with van der Waals surface area (Å²) in [6.45, 7) is 1.89. The molecule has 0 saturated heterocycles. The summed E-state index contributed by atoms with van der Waals surface area (Å²) in [4.78, 5) is 4.64. The molecule has 0 unspecified atom stereocenters. The zero-order chi connectivity index (χ0) is 12.6. The monoisotopic (exact) mass is 318 g/mol. The fourth-order valence-corrected chi connectivity index (χ4v) is 4.48. The van der Waals surface area contributed by atoms with Crippen LogP contribution in [0.25, 0.3) is 0 Å². The van der Waals surface area contributed by atoms with Gasteiger partial charge in [-0.15, -0.1) is 0 Å². The molecular formula is C11H15BrN2O2S. The summed E-state index contributed by atoms with van der Waals surface area (Å²) in [5, 5.41) is 5.27. The first-order valence-electron chi connectivity index (χ1n) is 5.68. The number of hydrogen-bond donors (Lipinski definition) is 1. The number of aromatic nitrogens is 1. The average molecular weight is 319 g/mol. The number of pyridine rings is 1. The summed E-state index contributed by atoms with van der Waals surface area (Å²) < 4.78 is 23.9. The number of fused-ring (bicyclic) bond motifs is 1. The molecule has 0 atom stereocenters. The third-order valence-electron chi connectivity index (χ3n) is 3.05. The van der Waals surface area contributed by atoms with Crippen LogP contribution in [0.3, 0.4) is 0 Å². The quantitative estimate of drug-likeness (QED) is 0.905. The van der Waals surface area contributed by atoms with Gasteiger partial charge in [0.05, 0.1) is 5.69 Å². The van der Waals surface area contributed by atoms with E-state index >= 15 is 0 Å². The largest absolute Gasteiger partial charge is 0.256 e. The molecule has 0 amide bonds. The Labute approximate surface area is 110 Å². The van der Waals surface area contributed by atoms with Gasteiger partial charge >= 0.3 is 0 Å². The van der Waals surface area contributed by atoms with Gasteiger partial charge in [-0.2, -0.15) is 0 Å². The Hall–Kier alpha value is -0.460. The van der Waals surface area contributed by atoms with Crippen molar-refractivity contribution in [2.24, 2.45) is 5.14 Å². The fourth-order valence-electron chi connectivity index (χ4n) is 2.26. The van der Waals surface area contributed by atoms with Crippen molar-refractivity contribution in [3.8, 4) is 0 Å². The molecule has 6 heteroatoms. The molecule has 17 heavy (non-hydrogen) atoms. The minimum atomic E-state index is -3.72. The van der Waals surface area contributed by atoms with Gasteiger partial charge < -0.3 is 0 Å². The van der Waals surface area contributed by atoms with E-state index in [1.807, 2.05) is 6.92 Å². The van der Waals surface area contributed by atoms with Crippen LogP contribution < -0.4 is 5.14 Å². The minimum absolute atomic E-state index is 0.167. The maximum absolute atomic E-state index is 11.6. The van der Waals surface area contributed by atoms with Crippen molar-refractivity contribution >= 4 is 26.0 Å². The molecule has 1 aromatic heterocycles. The van der Waals surface area contributed by atoms with Gasteiger partial charge in [-0.05, 0) is 53.6 Å². The van der Waals surface area contributed by atoms with Crippen molar-refractivity contribution < 1.29 is 8.42 Å². The number of halogens is 1. The minimum Gasteiger partial charge on any atom is -0.256 e. The molecule has 0 radical (unpaired) electrons. The van der Waals surface area contributed by atoms with Gasteiger partial charge in [-0.3, -0.25) is 4.98 Å². The highest BCUT2D eigenvalue weighted by Gasteiger charge is 2.25. The summed E-state index contributed by atoms with van der Waals surface area (Å²) in [5.41, 5.74) is 2.60. The summed E-state index contributed by atoms with van der Waals surface area (Å²) in [7, 11) is -3.72. The van der Waals surface area contributed by atoms with Crippen molar-refractivity contribution in [1.29, 1.82) is 0 Å². The number of nitrogens with two attached hydrogens (primary N) is 1. The molecule has 0 spiro atoms. The van der Waals surface area contributed by atoms with E-state index in [2.05, 4.69) is 20.9 Å². The molecule has 0 fully saturated rings. The second-order valence-electron chi connectivity index (χ2n) is 4.23. The summed E-state index contributed by atoms with van der Waals surface area (Å²) in [6.07, 6.45) is 4.55. The molecule has 1 aliphatic carbocycles. The van der Waals surface area contributed by atoms with E-state index in [9.17, 15) is 8.42 Å². The Balaban J connectivity index is 2.74. The number of rotatable bonds is 2. The molecule has 1 aromatic rings. The number of sulfonamides is 1. The highest BCUT2D eigenvalue weighted by molar-refractivity contribution is 9.10.